The molecule has 7 heteroatoms. The Morgan fingerprint density at radius 1 is 1.13 bits per heavy atom. The number of allylic oxidation sites excluding steroid dienone is 1. The summed E-state index contributed by atoms with van der Waals surface area (Å²) in [7, 11) is 2.13. The molecular formula is C16H21N7. The van der Waals surface area contributed by atoms with E-state index >= 15 is 0 Å². The van der Waals surface area contributed by atoms with Gasteiger partial charge < -0.3 is 0 Å². The second-order valence-electron chi connectivity index (χ2n) is 6.50. The van der Waals surface area contributed by atoms with E-state index in [1.165, 1.54) is 17.1 Å². The second-order valence-corrected chi connectivity index (χ2v) is 6.50. The molecule has 1 aromatic rings. The minimum atomic E-state index is 0.139. The van der Waals surface area contributed by atoms with Crippen LogP contribution < -0.4 is 10.4 Å². The zero-order chi connectivity index (χ0) is 15.9. The molecule has 2 saturated heterocycles. The number of benzene rings is 1. The quantitative estimate of drug-likeness (QED) is 0.844. The summed E-state index contributed by atoms with van der Waals surface area (Å²) < 4.78 is 0. The summed E-state index contributed by atoms with van der Waals surface area (Å²) in [6.45, 7) is 6.43. The maximum Gasteiger partial charge on any atom is 0.197 e. The smallest absolute Gasteiger partial charge is 0.197 e. The molecule has 0 saturated carbocycles. The second kappa shape index (κ2) is 4.18. The first-order valence-electron chi connectivity index (χ1n) is 8.05. The zero-order valence-electron chi connectivity index (χ0n) is 13.8. The van der Waals surface area contributed by atoms with E-state index in [1.54, 1.807) is 0 Å². The van der Waals surface area contributed by atoms with Crippen LogP contribution in [0.1, 0.15) is 20.8 Å². The molecule has 3 unspecified atom stereocenters. The number of hydrazine groups is 2. The lowest BCUT2D eigenvalue weighted by atomic mass is 10.2. The lowest BCUT2D eigenvalue weighted by molar-refractivity contribution is 0.0789. The maximum atomic E-state index is 4.73. The Morgan fingerprint density at radius 2 is 1.87 bits per heavy atom. The monoisotopic (exact) mass is 311 g/mol. The molecular weight excluding hydrogens is 290 g/mol. The highest BCUT2D eigenvalue weighted by Gasteiger charge is 2.61. The van der Waals surface area contributed by atoms with Crippen LogP contribution in [0.15, 0.2) is 46.8 Å². The summed E-state index contributed by atoms with van der Waals surface area (Å²) in [5.41, 5.74) is 7.35. The van der Waals surface area contributed by atoms with Crippen molar-refractivity contribution in [2.75, 3.05) is 12.1 Å². The van der Waals surface area contributed by atoms with E-state index in [0.717, 1.165) is 5.84 Å². The first-order chi connectivity index (χ1) is 11.1. The maximum absolute atomic E-state index is 4.73. The number of hydrogen-bond acceptors (Lipinski definition) is 7. The molecule has 4 heterocycles. The van der Waals surface area contributed by atoms with Crippen LogP contribution in [0.2, 0.25) is 0 Å². The Kier molecular flexibility index (Phi) is 2.40. The van der Waals surface area contributed by atoms with Crippen molar-refractivity contribution in [3.8, 4) is 0 Å². The van der Waals surface area contributed by atoms with Crippen LogP contribution >= 0.6 is 0 Å². The summed E-state index contributed by atoms with van der Waals surface area (Å²) in [5, 5.41) is 13.8. The van der Waals surface area contributed by atoms with Gasteiger partial charge in [-0.2, -0.15) is 10.1 Å². The van der Waals surface area contributed by atoms with Crippen LogP contribution in [0, 0.1) is 0 Å². The van der Waals surface area contributed by atoms with Gasteiger partial charge in [-0.05, 0) is 32.9 Å². The van der Waals surface area contributed by atoms with Crippen LogP contribution in [0.4, 0.5) is 5.69 Å². The molecule has 5 rings (SSSR count). The van der Waals surface area contributed by atoms with Crippen molar-refractivity contribution in [3.05, 3.63) is 41.7 Å². The molecule has 0 radical (unpaired) electrons. The molecule has 2 fully saturated rings. The highest BCUT2D eigenvalue weighted by molar-refractivity contribution is 5.84. The minimum Gasteiger partial charge on any atom is -0.290 e. The van der Waals surface area contributed by atoms with Gasteiger partial charge in [-0.3, -0.25) is 14.9 Å². The number of fused-ring (bicyclic) bond motifs is 3. The van der Waals surface area contributed by atoms with E-state index in [0.29, 0.717) is 0 Å². The molecule has 1 N–H and O–H groups in total. The molecule has 3 atom stereocenters. The highest BCUT2D eigenvalue weighted by Crippen LogP contribution is 2.47. The van der Waals surface area contributed by atoms with E-state index in [-0.39, 0.29) is 18.6 Å². The fourth-order valence-electron chi connectivity index (χ4n) is 4.17. The Bertz CT molecular complexity index is 727. The van der Waals surface area contributed by atoms with Crippen molar-refractivity contribution in [2.24, 2.45) is 5.10 Å². The van der Waals surface area contributed by atoms with Crippen molar-refractivity contribution in [1.29, 1.82) is 0 Å². The molecule has 7 nitrogen and oxygen atoms in total. The minimum absolute atomic E-state index is 0.139. The van der Waals surface area contributed by atoms with Crippen molar-refractivity contribution < 1.29 is 0 Å². The molecule has 23 heavy (non-hydrogen) atoms. The largest absolute Gasteiger partial charge is 0.290 e. The van der Waals surface area contributed by atoms with Gasteiger partial charge in [-0.15, -0.1) is 0 Å². The average molecular weight is 311 g/mol. The molecule has 0 amide bonds. The van der Waals surface area contributed by atoms with Gasteiger partial charge in [0.25, 0.3) is 0 Å². The van der Waals surface area contributed by atoms with E-state index in [1.807, 2.05) is 0 Å². The SMILES string of the molecule is CC1=NN2C(C)NN3C2N1C1=C(C)N(C)N(c2ccccc2)C13. The standard InChI is InChI=1S/C16H21N7/c1-10-14-15(23(19(10)4)13-8-6-5-7-9-13)22-16-20(14)11(2)17-21(16)12(3)18-22/h5-9,12,15-16,18H,1-4H3. The third-order valence-electron chi connectivity index (χ3n) is 5.26. The number of rotatable bonds is 1. The van der Waals surface area contributed by atoms with Crippen LogP contribution in [0.5, 0.6) is 0 Å². The fraction of sp³-hybridized carbons (Fsp3) is 0.438. The van der Waals surface area contributed by atoms with Crippen LogP contribution in [-0.4, -0.2) is 51.4 Å². The summed E-state index contributed by atoms with van der Waals surface area (Å²) in [6.07, 6.45) is 0.482. The Morgan fingerprint density at radius 3 is 2.61 bits per heavy atom. The molecule has 1 aromatic carbocycles. The van der Waals surface area contributed by atoms with Crippen molar-refractivity contribution in [3.63, 3.8) is 0 Å². The Hall–Kier alpha value is -2.25. The van der Waals surface area contributed by atoms with Gasteiger partial charge in [0.1, 0.15) is 12.0 Å². The van der Waals surface area contributed by atoms with Crippen LogP contribution in [-0.2, 0) is 0 Å². The normalized spacial score (nSPS) is 32.2. The van der Waals surface area contributed by atoms with Gasteiger partial charge in [-0.25, -0.2) is 10.4 Å². The number of anilines is 1. The van der Waals surface area contributed by atoms with Crippen molar-refractivity contribution >= 4 is 11.5 Å². The summed E-state index contributed by atoms with van der Waals surface area (Å²) in [6, 6.07) is 10.6. The van der Waals surface area contributed by atoms with Gasteiger partial charge in [0.05, 0.1) is 17.1 Å². The number of nitrogens with one attached hydrogen (secondary N) is 1. The molecule has 0 spiro atoms. The zero-order valence-corrected chi connectivity index (χ0v) is 13.8. The van der Waals surface area contributed by atoms with E-state index < -0.39 is 0 Å². The highest BCUT2D eigenvalue weighted by atomic mass is 15.9. The number of para-hydroxylation sites is 1. The third kappa shape index (κ3) is 1.44. The lowest BCUT2D eigenvalue weighted by Crippen LogP contribution is -2.53. The average Bonchev–Trinajstić information content (AvgIpc) is 3.21. The van der Waals surface area contributed by atoms with Gasteiger partial charge in [0.15, 0.2) is 12.5 Å². The summed E-state index contributed by atoms with van der Waals surface area (Å²) in [4.78, 5) is 2.36. The lowest BCUT2D eigenvalue weighted by Gasteiger charge is -2.36. The molecule has 120 valence electrons. The molecule has 0 bridgehead atoms. The van der Waals surface area contributed by atoms with Crippen molar-refractivity contribution in [1.82, 2.24) is 25.4 Å². The predicted molar refractivity (Wildman–Crippen MR) is 88.2 cm³/mol. The topological polar surface area (TPSA) is 40.6 Å². The molecule has 4 aliphatic heterocycles. The van der Waals surface area contributed by atoms with Gasteiger partial charge >= 0.3 is 0 Å². The molecule has 0 aliphatic carbocycles. The van der Waals surface area contributed by atoms with Crippen LogP contribution in [0.25, 0.3) is 0 Å². The van der Waals surface area contributed by atoms with E-state index in [2.05, 4.69) is 88.5 Å². The van der Waals surface area contributed by atoms with Crippen LogP contribution in [0.3, 0.4) is 0 Å². The third-order valence-corrected chi connectivity index (χ3v) is 5.26. The summed E-state index contributed by atoms with van der Waals surface area (Å²) in [5.74, 6) is 1.06. The number of hydrogen-bond donors (Lipinski definition) is 1. The summed E-state index contributed by atoms with van der Waals surface area (Å²) >= 11 is 0. The van der Waals surface area contributed by atoms with Gasteiger partial charge in [0, 0.05) is 7.05 Å². The molecule has 4 aliphatic rings. The fourth-order valence-corrected chi connectivity index (χ4v) is 4.17. The predicted octanol–water partition coefficient (Wildman–Crippen LogP) is 1.33. The Balaban J connectivity index is 1.65. The van der Waals surface area contributed by atoms with E-state index in [9.17, 15) is 0 Å². The van der Waals surface area contributed by atoms with Gasteiger partial charge in [0.2, 0.25) is 0 Å². The number of amidine groups is 1. The van der Waals surface area contributed by atoms with Gasteiger partial charge in [-0.1, -0.05) is 18.2 Å². The number of nitrogens with zero attached hydrogens (tertiary/aromatic N) is 6. The first kappa shape index (κ1) is 13.2. The van der Waals surface area contributed by atoms with Crippen molar-refractivity contribution in [2.45, 2.75) is 39.4 Å². The number of hydrazone groups is 1. The van der Waals surface area contributed by atoms with E-state index in [4.69, 9.17) is 5.10 Å². The Labute approximate surface area is 136 Å². The first-order valence-corrected chi connectivity index (χ1v) is 8.05. The molecule has 0 aromatic heterocycles.